The number of para-hydroxylation sites is 1. The van der Waals surface area contributed by atoms with Gasteiger partial charge in [-0.3, -0.25) is 4.79 Å². The minimum Gasteiger partial charge on any atom is -0.491 e. The lowest BCUT2D eigenvalue weighted by Gasteiger charge is -2.11. The Morgan fingerprint density at radius 1 is 1.08 bits per heavy atom. The lowest BCUT2D eigenvalue weighted by molar-refractivity contribution is -0.115. The van der Waals surface area contributed by atoms with E-state index in [-0.39, 0.29) is 12.5 Å². The molecule has 3 amide bonds. The molecule has 0 aliphatic heterocycles. The molecule has 2 rings (SSSR count). The van der Waals surface area contributed by atoms with Crippen LogP contribution in [0.15, 0.2) is 46.9 Å². The summed E-state index contributed by atoms with van der Waals surface area (Å²) in [5.41, 5.74) is 2.88. The number of halogens is 1. The molecule has 0 bridgehead atoms. The average Bonchev–Trinajstić information content (AvgIpc) is 2.60. The predicted octanol–water partition coefficient (Wildman–Crippen LogP) is 3.38. The quantitative estimate of drug-likeness (QED) is 0.601. The number of anilines is 1. The summed E-state index contributed by atoms with van der Waals surface area (Å²) in [5, 5.41) is 7.87. The molecule has 26 heavy (non-hydrogen) atoms. The van der Waals surface area contributed by atoms with E-state index in [0.29, 0.717) is 18.8 Å². The van der Waals surface area contributed by atoms with Gasteiger partial charge in [0, 0.05) is 4.47 Å². The zero-order valence-electron chi connectivity index (χ0n) is 14.8. The average molecular weight is 420 g/mol. The van der Waals surface area contributed by atoms with Gasteiger partial charge in [0.2, 0.25) is 5.91 Å². The number of hydrogen-bond donors (Lipinski definition) is 3. The molecule has 0 saturated heterocycles. The third kappa shape index (κ3) is 6.40. The Balaban J connectivity index is 1.64. The number of urea groups is 1. The van der Waals surface area contributed by atoms with Crippen molar-refractivity contribution < 1.29 is 14.3 Å². The number of rotatable bonds is 7. The normalized spacial score (nSPS) is 10.1. The Morgan fingerprint density at radius 2 is 1.85 bits per heavy atom. The summed E-state index contributed by atoms with van der Waals surface area (Å²) >= 11 is 3.35. The zero-order valence-corrected chi connectivity index (χ0v) is 16.4. The molecular formula is C19H22BrN3O3. The first-order valence-corrected chi connectivity index (χ1v) is 9.01. The van der Waals surface area contributed by atoms with E-state index >= 15 is 0 Å². The third-order valence-electron chi connectivity index (χ3n) is 3.53. The molecule has 0 aliphatic rings. The summed E-state index contributed by atoms with van der Waals surface area (Å²) < 4.78 is 6.41. The monoisotopic (exact) mass is 419 g/mol. The van der Waals surface area contributed by atoms with E-state index in [0.717, 1.165) is 15.8 Å². The van der Waals surface area contributed by atoms with Gasteiger partial charge in [-0.15, -0.1) is 0 Å². The molecule has 3 N–H and O–H groups in total. The van der Waals surface area contributed by atoms with E-state index < -0.39 is 6.03 Å². The second-order valence-electron chi connectivity index (χ2n) is 5.75. The van der Waals surface area contributed by atoms with Gasteiger partial charge in [-0.2, -0.15) is 0 Å². The van der Waals surface area contributed by atoms with Gasteiger partial charge >= 0.3 is 6.03 Å². The van der Waals surface area contributed by atoms with Crippen LogP contribution in [-0.4, -0.2) is 31.6 Å². The summed E-state index contributed by atoms with van der Waals surface area (Å²) in [6.45, 7) is 4.57. The summed E-state index contributed by atoms with van der Waals surface area (Å²) in [7, 11) is 0. The van der Waals surface area contributed by atoms with Crippen LogP contribution in [-0.2, 0) is 4.79 Å². The van der Waals surface area contributed by atoms with Gasteiger partial charge in [-0.25, -0.2) is 4.79 Å². The van der Waals surface area contributed by atoms with Crippen LogP contribution in [0.2, 0.25) is 0 Å². The highest BCUT2D eigenvalue weighted by Crippen LogP contribution is 2.20. The Kier molecular flexibility index (Phi) is 7.47. The lowest BCUT2D eigenvalue weighted by Crippen LogP contribution is -2.41. The van der Waals surface area contributed by atoms with Crippen molar-refractivity contribution in [1.82, 2.24) is 10.6 Å². The van der Waals surface area contributed by atoms with E-state index in [1.165, 1.54) is 5.56 Å². The first-order valence-electron chi connectivity index (χ1n) is 8.22. The van der Waals surface area contributed by atoms with Gasteiger partial charge in [-0.1, -0.05) is 29.8 Å². The number of amides is 3. The molecule has 0 unspecified atom stereocenters. The Bertz CT molecular complexity index is 780. The third-order valence-corrected chi connectivity index (χ3v) is 4.22. The van der Waals surface area contributed by atoms with Crippen molar-refractivity contribution in [1.29, 1.82) is 0 Å². The van der Waals surface area contributed by atoms with Gasteiger partial charge in [0.15, 0.2) is 0 Å². The highest BCUT2D eigenvalue weighted by atomic mass is 79.9. The van der Waals surface area contributed by atoms with Crippen LogP contribution in [0.1, 0.15) is 11.1 Å². The highest BCUT2D eigenvalue weighted by Gasteiger charge is 2.07. The second kappa shape index (κ2) is 9.82. The van der Waals surface area contributed by atoms with Gasteiger partial charge < -0.3 is 20.7 Å². The van der Waals surface area contributed by atoms with E-state index in [2.05, 4.69) is 31.9 Å². The van der Waals surface area contributed by atoms with Crippen LogP contribution in [0.4, 0.5) is 10.5 Å². The number of benzene rings is 2. The van der Waals surface area contributed by atoms with Crippen molar-refractivity contribution in [2.45, 2.75) is 13.8 Å². The van der Waals surface area contributed by atoms with Crippen LogP contribution in [0.25, 0.3) is 0 Å². The standard InChI is InChI=1S/C19H22BrN3O3/c1-13-7-8-17(14(2)11-13)26-10-9-21-19(25)22-12-18(24)23-16-6-4-3-5-15(16)20/h3-8,11H,9-10,12H2,1-2H3,(H,23,24)(H2,21,22,25). The number of carbonyl (C=O) groups excluding carboxylic acids is 2. The summed E-state index contributed by atoms with van der Waals surface area (Å²) in [6, 6.07) is 12.8. The molecule has 0 saturated carbocycles. The molecule has 0 aliphatic carbocycles. The summed E-state index contributed by atoms with van der Waals surface area (Å²) in [6.07, 6.45) is 0. The maximum Gasteiger partial charge on any atom is 0.315 e. The van der Waals surface area contributed by atoms with E-state index in [1.54, 1.807) is 6.07 Å². The molecule has 0 radical (unpaired) electrons. The first-order chi connectivity index (χ1) is 12.5. The lowest BCUT2D eigenvalue weighted by atomic mass is 10.1. The maximum atomic E-state index is 11.8. The number of hydrogen-bond acceptors (Lipinski definition) is 3. The fourth-order valence-electron chi connectivity index (χ4n) is 2.27. The van der Waals surface area contributed by atoms with Gasteiger partial charge in [-0.05, 0) is 53.5 Å². The van der Waals surface area contributed by atoms with Crippen LogP contribution in [0, 0.1) is 13.8 Å². The molecule has 2 aromatic rings. The van der Waals surface area contributed by atoms with E-state index in [9.17, 15) is 9.59 Å². The topological polar surface area (TPSA) is 79.5 Å². The van der Waals surface area contributed by atoms with Crippen LogP contribution in [0.5, 0.6) is 5.75 Å². The van der Waals surface area contributed by atoms with Crippen molar-refractivity contribution >= 4 is 33.6 Å². The molecule has 138 valence electrons. The van der Waals surface area contributed by atoms with Crippen molar-refractivity contribution in [3.8, 4) is 5.75 Å². The molecule has 6 nitrogen and oxygen atoms in total. The van der Waals surface area contributed by atoms with Crippen molar-refractivity contribution in [2.75, 3.05) is 25.0 Å². The number of aryl methyl sites for hydroxylation is 2. The van der Waals surface area contributed by atoms with Gasteiger partial charge in [0.05, 0.1) is 18.8 Å². The highest BCUT2D eigenvalue weighted by molar-refractivity contribution is 9.10. The molecule has 0 fully saturated rings. The molecule has 0 spiro atoms. The second-order valence-corrected chi connectivity index (χ2v) is 6.61. The minimum atomic E-state index is -0.420. The summed E-state index contributed by atoms with van der Waals surface area (Å²) in [5.74, 6) is 0.490. The van der Waals surface area contributed by atoms with Crippen molar-refractivity contribution in [3.63, 3.8) is 0 Å². The SMILES string of the molecule is Cc1ccc(OCCNC(=O)NCC(=O)Nc2ccccc2Br)c(C)c1. The van der Waals surface area contributed by atoms with Crippen molar-refractivity contribution in [2.24, 2.45) is 0 Å². The van der Waals surface area contributed by atoms with Crippen LogP contribution < -0.4 is 20.7 Å². The van der Waals surface area contributed by atoms with Gasteiger partial charge in [0.25, 0.3) is 0 Å². The molecule has 0 atom stereocenters. The minimum absolute atomic E-state index is 0.120. The predicted molar refractivity (Wildman–Crippen MR) is 106 cm³/mol. The smallest absolute Gasteiger partial charge is 0.315 e. The first kappa shape index (κ1) is 19.8. The molecule has 2 aromatic carbocycles. The Hall–Kier alpha value is -2.54. The van der Waals surface area contributed by atoms with E-state index in [4.69, 9.17) is 4.74 Å². The fraction of sp³-hybridized carbons (Fsp3) is 0.263. The number of carbonyl (C=O) groups is 2. The zero-order chi connectivity index (χ0) is 18.9. The Labute approximate surface area is 161 Å². The number of ether oxygens (including phenoxy) is 1. The number of nitrogens with one attached hydrogen (secondary N) is 3. The molecule has 7 heteroatoms. The van der Waals surface area contributed by atoms with Crippen LogP contribution >= 0.6 is 15.9 Å². The Morgan fingerprint density at radius 3 is 2.58 bits per heavy atom. The summed E-state index contributed by atoms with van der Waals surface area (Å²) in [4.78, 5) is 23.6. The largest absolute Gasteiger partial charge is 0.491 e. The van der Waals surface area contributed by atoms with Crippen LogP contribution in [0.3, 0.4) is 0 Å². The van der Waals surface area contributed by atoms with Gasteiger partial charge in [0.1, 0.15) is 12.4 Å². The molecule has 0 heterocycles. The molecular weight excluding hydrogens is 398 g/mol. The fourth-order valence-corrected chi connectivity index (χ4v) is 2.65. The van der Waals surface area contributed by atoms with E-state index in [1.807, 2.05) is 50.2 Å². The van der Waals surface area contributed by atoms with Crippen molar-refractivity contribution in [3.05, 3.63) is 58.1 Å². The molecule has 0 aromatic heterocycles. The maximum absolute atomic E-state index is 11.8.